The molecule has 0 unspecified atom stereocenters. The lowest BCUT2D eigenvalue weighted by atomic mass is 10.1. The van der Waals surface area contributed by atoms with Crippen LogP contribution in [0.1, 0.15) is 17.3 Å². The number of amides is 1. The molecule has 1 aromatic carbocycles. The molecule has 150 valence electrons. The summed E-state index contributed by atoms with van der Waals surface area (Å²) in [5, 5.41) is 6.03. The Balaban J connectivity index is 1.55. The molecule has 2 heterocycles. The number of aromatic nitrogens is 1. The number of anilines is 2. The Kier molecular flexibility index (Phi) is 6.95. The average molecular weight is 385 g/mol. The zero-order valence-corrected chi connectivity index (χ0v) is 16.5. The van der Waals surface area contributed by atoms with E-state index in [-0.39, 0.29) is 11.7 Å². The fourth-order valence-electron chi connectivity index (χ4n) is 3.29. The molecule has 0 spiro atoms. The Labute approximate surface area is 165 Å². The van der Waals surface area contributed by atoms with Crippen LogP contribution in [0, 0.1) is 11.7 Å². The minimum absolute atomic E-state index is 0.183. The van der Waals surface area contributed by atoms with Crippen molar-refractivity contribution in [3.05, 3.63) is 54.0 Å². The van der Waals surface area contributed by atoms with Gasteiger partial charge in [-0.1, -0.05) is 13.0 Å². The fourth-order valence-corrected chi connectivity index (χ4v) is 3.29. The van der Waals surface area contributed by atoms with Crippen LogP contribution in [0.5, 0.6) is 0 Å². The van der Waals surface area contributed by atoms with Crippen molar-refractivity contribution in [2.75, 3.05) is 51.6 Å². The first-order valence-corrected chi connectivity index (χ1v) is 9.68. The average Bonchev–Trinajstić information content (AvgIpc) is 2.68. The smallest absolute Gasteiger partial charge is 0.255 e. The monoisotopic (exact) mass is 385 g/mol. The Morgan fingerprint density at radius 2 is 2.00 bits per heavy atom. The molecule has 1 aliphatic rings. The van der Waals surface area contributed by atoms with Gasteiger partial charge in [-0.15, -0.1) is 0 Å². The number of nitrogens with zero attached hydrogens (tertiary/aromatic N) is 3. The van der Waals surface area contributed by atoms with Gasteiger partial charge in [0.15, 0.2) is 0 Å². The molecule has 7 heteroatoms. The molecular formula is C21H28FN5O. The van der Waals surface area contributed by atoms with E-state index in [1.54, 1.807) is 30.5 Å². The summed E-state index contributed by atoms with van der Waals surface area (Å²) in [5.41, 5.74) is 0.995. The summed E-state index contributed by atoms with van der Waals surface area (Å²) < 4.78 is 13.4. The maximum atomic E-state index is 13.4. The van der Waals surface area contributed by atoms with Crippen molar-refractivity contribution >= 4 is 17.4 Å². The Hall–Kier alpha value is -2.51. The van der Waals surface area contributed by atoms with Gasteiger partial charge in [-0.3, -0.25) is 4.79 Å². The molecule has 28 heavy (non-hydrogen) atoms. The second-order valence-corrected chi connectivity index (χ2v) is 7.45. The number of pyridine rings is 1. The summed E-state index contributed by atoms with van der Waals surface area (Å²) in [4.78, 5) is 21.7. The zero-order valence-electron chi connectivity index (χ0n) is 16.5. The summed E-state index contributed by atoms with van der Waals surface area (Å²) in [7, 11) is 2.14. The molecule has 0 bridgehead atoms. The lowest BCUT2D eigenvalue weighted by molar-refractivity contribution is 0.0938. The van der Waals surface area contributed by atoms with Gasteiger partial charge in [0, 0.05) is 51.2 Å². The van der Waals surface area contributed by atoms with Gasteiger partial charge < -0.3 is 20.4 Å². The Morgan fingerprint density at radius 1 is 1.21 bits per heavy atom. The summed E-state index contributed by atoms with van der Waals surface area (Å²) in [6, 6.07) is 9.53. The number of hydrogen-bond donors (Lipinski definition) is 2. The molecule has 6 nitrogen and oxygen atoms in total. The summed E-state index contributed by atoms with van der Waals surface area (Å²) in [6.07, 6.45) is 1.61. The molecule has 0 aliphatic carbocycles. The van der Waals surface area contributed by atoms with Crippen molar-refractivity contribution < 1.29 is 9.18 Å². The number of piperazine rings is 1. The van der Waals surface area contributed by atoms with Crippen molar-refractivity contribution in [1.82, 2.24) is 20.1 Å². The van der Waals surface area contributed by atoms with Gasteiger partial charge in [-0.25, -0.2) is 9.37 Å². The highest BCUT2D eigenvalue weighted by Crippen LogP contribution is 2.19. The van der Waals surface area contributed by atoms with E-state index in [0.29, 0.717) is 29.5 Å². The molecule has 0 saturated carbocycles. The Morgan fingerprint density at radius 3 is 2.75 bits per heavy atom. The van der Waals surface area contributed by atoms with Crippen molar-refractivity contribution in [1.29, 1.82) is 0 Å². The highest BCUT2D eigenvalue weighted by Gasteiger charge is 2.18. The third kappa shape index (κ3) is 5.74. The SMILES string of the molecule is C[C@@H](CNC(=O)c1cccnc1Nc1cccc(F)c1)CN1CCN(C)CC1. The Bertz CT molecular complexity index is 792. The van der Waals surface area contributed by atoms with Gasteiger partial charge in [-0.2, -0.15) is 0 Å². The molecule has 3 rings (SSSR count). The van der Waals surface area contributed by atoms with Crippen LogP contribution in [-0.2, 0) is 0 Å². The second kappa shape index (κ2) is 9.61. The van der Waals surface area contributed by atoms with Crippen molar-refractivity contribution in [2.24, 2.45) is 5.92 Å². The molecule has 1 amide bonds. The van der Waals surface area contributed by atoms with E-state index in [9.17, 15) is 9.18 Å². The van der Waals surface area contributed by atoms with Crippen LogP contribution in [0.2, 0.25) is 0 Å². The summed E-state index contributed by atoms with van der Waals surface area (Å²) >= 11 is 0. The fraction of sp³-hybridized carbons (Fsp3) is 0.429. The third-order valence-electron chi connectivity index (χ3n) is 4.92. The van der Waals surface area contributed by atoms with Gasteiger partial charge in [0.1, 0.15) is 11.6 Å². The topological polar surface area (TPSA) is 60.5 Å². The number of carbonyl (C=O) groups excluding carboxylic acids is 1. The number of rotatable bonds is 7. The number of hydrogen-bond acceptors (Lipinski definition) is 5. The van der Waals surface area contributed by atoms with Crippen LogP contribution >= 0.6 is 0 Å². The van der Waals surface area contributed by atoms with Gasteiger partial charge in [0.2, 0.25) is 0 Å². The number of halogens is 1. The number of benzene rings is 1. The van der Waals surface area contributed by atoms with Crippen LogP contribution in [0.3, 0.4) is 0 Å². The van der Waals surface area contributed by atoms with E-state index in [1.165, 1.54) is 12.1 Å². The molecule has 2 N–H and O–H groups in total. The van der Waals surface area contributed by atoms with Crippen LogP contribution in [0.25, 0.3) is 0 Å². The molecule has 1 aromatic heterocycles. The first-order valence-electron chi connectivity index (χ1n) is 9.68. The number of carbonyl (C=O) groups is 1. The predicted molar refractivity (Wildman–Crippen MR) is 109 cm³/mol. The van der Waals surface area contributed by atoms with Crippen molar-refractivity contribution in [3.8, 4) is 0 Å². The predicted octanol–water partition coefficient (Wildman–Crippen LogP) is 2.58. The molecule has 1 saturated heterocycles. The number of likely N-dealkylation sites (N-methyl/N-ethyl adjacent to an activating group) is 1. The molecular weight excluding hydrogens is 357 g/mol. The normalized spacial score (nSPS) is 16.5. The van der Waals surface area contributed by atoms with Gasteiger partial charge in [0.05, 0.1) is 5.56 Å². The second-order valence-electron chi connectivity index (χ2n) is 7.45. The van der Waals surface area contributed by atoms with E-state index in [4.69, 9.17) is 0 Å². The quantitative estimate of drug-likeness (QED) is 0.767. The van der Waals surface area contributed by atoms with E-state index in [1.807, 2.05) is 0 Å². The molecule has 2 aromatic rings. The number of nitrogens with one attached hydrogen (secondary N) is 2. The minimum atomic E-state index is -0.343. The van der Waals surface area contributed by atoms with Crippen LogP contribution in [0.15, 0.2) is 42.6 Å². The van der Waals surface area contributed by atoms with Crippen molar-refractivity contribution in [3.63, 3.8) is 0 Å². The van der Waals surface area contributed by atoms with E-state index >= 15 is 0 Å². The largest absolute Gasteiger partial charge is 0.352 e. The first-order chi connectivity index (χ1) is 13.5. The van der Waals surface area contributed by atoms with E-state index in [0.717, 1.165) is 32.7 Å². The maximum absolute atomic E-state index is 13.4. The zero-order chi connectivity index (χ0) is 19.9. The highest BCUT2D eigenvalue weighted by atomic mass is 19.1. The maximum Gasteiger partial charge on any atom is 0.255 e. The first kappa shape index (κ1) is 20.2. The molecule has 1 atom stereocenters. The van der Waals surface area contributed by atoms with Crippen LogP contribution in [0.4, 0.5) is 15.9 Å². The standard InChI is InChI=1S/C21H28FN5O/c1-16(15-27-11-9-26(2)10-12-27)14-24-21(28)19-7-4-8-23-20(19)25-18-6-3-5-17(22)13-18/h3-8,13,16H,9-12,14-15H2,1-2H3,(H,23,25)(H,24,28)/t16-/m0/s1. The highest BCUT2D eigenvalue weighted by molar-refractivity contribution is 5.99. The van der Waals surface area contributed by atoms with Gasteiger partial charge >= 0.3 is 0 Å². The van der Waals surface area contributed by atoms with Gasteiger partial charge in [-0.05, 0) is 43.3 Å². The minimum Gasteiger partial charge on any atom is -0.352 e. The molecule has 1 aliphatic heterocycles. The van der Waals surface area contributed by atoms with Gasteiger partial charge in [0.25, 0.3) is 5.91 Å². The van der Waals surface area contributed by atoms with Crippen LogP contribution < -0.4 is 10.6 Å². The molecule has 1 fully saturated rings. The molecule has 0 radical (unpaired) electrons. The van der Waals surface area contributed by atoms with E-state index < -0.39 is 0 Å². The van der Waals surface area contributed by atoms with E-state index in [2.05, 4.69) is 39.4 Å². The third-order valence-corrected chi connectivity index (χ3v) is 4.92. The summed E-state index contributed by atoms with van der Waals surface area (Å²) in [5.74, 6) is 0.239. The lowest BCUT2D eigenvalue weighted by Gasteiger charge is -2.33. The lowest BCUT2D eigenvalue weighted by Crippen LogP contribution is -2.46. The van der Waals surface area contributed by atoms with Crippen molar-refractivity contribution in [2.45, 2.75) is 6.92 Å². The van der Waals surface area contributed by atoms with Crippen LogP contribution in [-0.4, -0.2) is 67.0 Å². The summed E-state index contributed by atoms with van der Waals surface area (Å²) in [6.45, 7) is 8.02.